The molecule has 2 aromatic rings. The van der Waals surface area contributed by atoms with Crippen LogP contribution in [-0.2, 0) is 6.54 Å². The summed E-state index contributed by atoms with van der Waals surface area (Å²) < 4.78 is 1.95. The SMILES string of the molecule is CCNC(=NCc1ccccc1-n1nc(C)cc1C)NCCO.I. The van der Waals surface area contributed by atoms with Gasteiger partial charge in [-0.15, -0.1) is 24.0 Å². The van der Waals surface area contributed by atoms with Crippen molar-refractivity contribution in [2.75, 3.05) is 19.7 Å². The second kappa shape index (κ2) is 10.3. The molecule has 0 aliphatic rings. The maximum absolute atomic E-state index is 8.94. The topological polar surface area (TPSA) is 74.5 Å². The van der Waals surface area contributed by atoms with Gasteiger partial charge in [0.25, 0.3) is 0 Å². The van der Waals surface area contributed by atoms with Gasteiger partial charge in [-0.25, -0.2) is 9.67 Å². The molecule has 132 valence electrons. The third-order valence-corrected chi connectivity index (χ3v) is 3.39. The number of nitrogens with one attached hydrogen (secondary N) is 2. The van der Waals surface area contributed by atoms with Crippen LogP contribution >= 0.6 is 24.0 Å². The quantitative estimate of drug-likeness (QED) is 0.364. The van der Waals surface area contributed by atoms with Gasteiger partial charge < -0.3 is 15.7 Å². The lowest BCUT2D eigenvalue weighted by atomic mass is 10.2. The average Bonchev–Trinajstić information content (AvgIpc) is 2.88. The van der Waals surface area contributed by atoms with Crippen LogP contribution in [0.4, 0.5) is 0 Å². The number of rotatable bonds is 6. The molecule has 0 aliphatic carbocycles. The molecule has 0 aliphatic heterocycles. The summed E-state index contributed by atoms with van der Waals surface area (Å²) in [6.07, 6.45) is 0. The van der Waals surface area contributed by atoms with Gasteiger partial charge in [-0.1, -0.05) is 18.2 Å². The molecule has 0 spiro atoms. The van der Waals surface area contributed by atoms with E-state index < -0.39 is 0 Å². The van der Waals surface area contributed by atoms with Crippen molar-refractivity contribution in [3.63, 3.8) is 0 Å². The fourth-order valence-corrected chi connectivity index (χ4v) is 2.40. The zero-order valence-corrected chi connectivity index (χ0v) is 16.7. The number of benzene rings is 1. The van der Waals surface area contributed by atoms with Crippen LogP contribution in [-0.4, -0.2) is 40.5 Å². The average molecular weight is 443 g/mol. The summed E-state index contributed by atoms with van der Waals surface area (Å²) in [6.45, 7) is 7.92. The minimum Gasteiger partial charge on any atom is -0.395 e. The van der Waals surface area contributed by atoms with E-state index in [1.54, 1.807) is 0 Å². The van der Waals surface area contributed by atoms with Crippen molar-refractivity contribution in [1.82, 2.24) is 20.4 Å². The van der Waals surface area contributed by atoms with Crippen molar-refractivity contribution in [1.29, 1.82) is 0 Å². The monoisotopic (exact) mass is 443 g/mol. The standard InChI is InChI=1S/C17H25N5O.HI/c1-4-18-17(19-9-10-23)20-12-15-7-5-6-8-16(15)22-14(3)11-13(2)21-22;/h5-8,11,23H,4,9-10,12H2,1-3H3,(H2,18,19,20);1H. The maximum Gasteiger partial charge on any atom is 0.191 e. The van der Waals surface area contributed by atoms with Crippen LogP contribution in [0.15, 0.2) is 35.3 Å². The molecule has 0 saturated carbocycles. The summed E-state index contributed by atoms with van der Waals surface area (Å²) in [5, 5.41) is 19.7. The van der Waals surface area contributed by atoms with Crippen LogP contribution in [0.25, 0.3) is 5.69 Å². The highest BCUT2D eigenvalue weighted by Crippen LogP contribution is 2.17. The first-order valence-corrected chi connectivity index (χ1v) is 7.90. The number of hydrogen-bond donors (Lipinski definition) is 3. The lowest BCUT2D eigenvalue weighted by molar-refractivity contribution is 0.300. The van der Waals surface area contributed by atoms with Crippen molar-refractivity contribution in [2.45, 2.75) is 27.3 Å². The van der Waals surface area contributed by atoms with Crippen molar-refractivity contribution >= 4 is 29.9 Å². The molecule has 1 heterocycles. The minimum atomic E-state index is 0. The van der Waals surface area contributed by atoms with E-state index in [4.69, 9.17) is 5.11 Å². The minimum absolute atomic E-state index is 0. The summed E-state index contributed by atoms with van der Waals surface area (Å²) in [7, 11) is 0. The van der Waals surface area contributed by atoms with E-state index in [1.807, 2.05) is 37.6 Å². The molecule has 7 heteroatoms. The number of guanidine groups is 1. The third-order valence-electron chi connectivity index (χ3n) is 3.39. The Labute approximate surface area is 160 Å². The molecule has 0 bridgehead atoms. The Bertz CT molecular complexity index is 669. The molecule has 24 heavy (non-hydrogen) atoms. The van der Waals surface area contributed by atoms with Crippen LogP contribution in [0.2, 0.25) is 0 Å². The molecule has 1 aromatic heterocycles. The molecular weight excluding hydrogens is 417 g/mol. The van der Waals surface area contributed by atoms with Crippen molar-refractivity contribution in [2.24, 2.45) is 4.99 Å². The van der Waals surface area contributed by atoms with Crippen LogP contribution < -0.4 is 10.6 Å². The largest absolute Gasteiger partial charge is 0.395 e. The summed E-state index contributed by atoms with van der Waals surface area (Å²) in [5.74, 6) is 0.699. The molecule has 0 radical (unpaired) electrons. The fraction of sp³-hybridized carbons (Fsp3) is 0.412. The Kier molecular flexibility index (Phi) is 8.77. The van der Waals surface area contributed by atoms with Crippen LogP contribution in [0.3, 0.4) is 0 Å². The highest BCUT2D eigenvalue weighted by Gasteiger charge is 2.08. The van der Waals surface area contributed by atoms with Crippen molar-refractivity contribution in [3.05, 3.63) is 47.3 Å². The number of aliphatic hydroxyl groups excluding tert-OH is 1. The van der Waals surface area contributed by atoms with Gasteiger partial charge >= 0.3 is 0 Å². The summed E-state index contributed by atoms with van der Waals surface area (Å²) >= 11 is 0. The van der Waals surface area contributed by atoms with Gasteiger partial charge in [0.15, 0.2) is 5.96 Å². The zero-order valence-electron chi connectivity index (χ0n) is 14.4. The molecule has 0 atom stereocenters. The van der Waals surface area contributed by atoms with Gasteiger partial charge in [0.05, 0.1) is 24.5 Å². The number of aliphatic hydroxyl groups is 1. The van der Waals surface area contributed by atoms with Gasteiger partial charge in [0, 0.05) is 18.8 Å². The van der Waals surface area contributed by atoms with Crippen LogP contribution in [0, 0.1) is 13.8 Å². The molecule has 0 saturated heterocycles. The van der Waals surface area contributed by atoms with Crippen molar-refractivity contribution < 1.29 is 5.11 Å². The predicted molar refractivity (Wildman–Crippen MR) is 108 cm³/mol. The molecule has 3 N–H and O–H groups in total. The Morgan fingerprint density at radius 3 is 2.62 bits per heavy atom. The van der Waals surface area contributed by atoms with Gasteiger partial charge in [-0.3, -0.25) is 0 Å². The number of hydrogen-bond acceptors (Lipinski definition) is 3. The zero-order chi connectivity index (χ0) is 16.7. The number of para-hydroxylation sites is 1. The molecule has 1 aromatic carbocycles. The van der Waals surface area contributed by atoms with Crippen LogP contribution in [0.5, 0.6) is 0 Å². The summed E-state index contributed by atoms with van der Waals surface area (Å²) in [4.78, 5) is 4.59. The van der Waals surface area contributed by atoms with Crippen LogP contribution in [0.1, 0.15) is 23.9 Å². The Morgan fingerprint density at radius 2 is 2.00 bits per heavy atom. The van der Waals surface area contributed by atoms with Gasteiger partial charge in [-0.2, -0.15) is 5.10 Å². The third kappa shape index (κ3) is 5.48. The molecule has 6 nitrogen and oxygen atoms in total. The number of aromatic nitrogens is 2. The Morgan fingerprint density at radius 1 is 1.25 bits per heavy atom. The van der Waals surface area contributed by atoms with E-state index in [1.165, 1.54) is 0 Å². The number of nitrogens with zero attached hydrogens (tertiary/aromatic N) is 3. The van der Waals surface area contributed by atoms with E-state index >= 15 is 0 Å². The summed E-state index contributed by atoms with van der Waals surface area (Å²) in [6, 6.07) is 10.2. The van der Waals surface area contributed by atoms with E-state index in [9.17, 15) is 0 Å². The molecule has 0 fully saturated rings. The van der Waals surface area contributed by atoms with E-state index in [0.29, 0.717) is 19.0 Å². The normalized spacial score (nSPS) is 11.1. The number of aliphatic imine (C=N–C) groups is 1. The molecule has 0 amide bonds. The first-order chi connectivity index (χ1) is 11.2. The Hall–Kier alpha value is -1.61. The van der Waals surface area contributed by atoms with E-state index in [-0.39, 0.29) is 30.6 Å². The first-order valence-electron chi connectivity index (χ1n) is 7.90. The predicted octanol–water partition coefficient (Wildman–Crippen LogP) is 2.15. The smallest absolute Gasteiger partial charge is 0.191 e. The molecule has 0 unspecified atom stereocenters. The Balaban J connectivity index is 0.00000288. The van der Waals surface area contributed by atoms with E-state index in [0.717, 1.165) is 29.2 Å². The summed E-state index contributed by atoms with van der Waals surface area (Å²) in [5.41, 5.74) is 4.24. The second-order valence-corrected chi connectivity index (χ2v) is 5.31. The highest BCUT2D eigenvalue weighted by molar-refractivity contribution is 14.0. The molecule has 2 rings (SSSR count). The lowest BCUT2D eigenvalue weighted by Crippen LogP contribution is -2.38. The van der Waals surface area contributed by atoms with Gasteiger partial charge in [0.2, 0.25) is 0 Å². The lowest BCUT2D eigenvalue weighted by Gasteiger charge is -2.12. The fourth-order valence-electron chi connectivity index (χ4n) is 2.40. The van der Waals surface area contributed by atoms with Crippen molar-refractivity contribution in [3.8, 4) is 5.69 Å². The number of aryl methyl sites for hydroxylation is 2. The van der Waals surface area contributed by atoms with E-state index in [2.05, 4.69) is 38.9 Å². The second-order valence-electron chi connectivity index (χ2n) is 5.31. The van der Waals surface area contributed by atoms with Gasteiger partial charge in [0.1, 0.15) is 0 Å². The maximum atomic E-state index is 8.94. The number of halogens is 1. The van der Waals surface area contributed by atoms with Gasteiger partial charge in [-0.05, 0) is 38.5 Å². The molecular formula is C17H26IN5O. The first kappa shape index (κ1) is 20.4. The highest BCUT2D eigenvalue weighted by atomic mass is 127.